The molecule has 0 aromatic heterocycles. The first-order valence-corrected chi connectivity index (χ1v) is 13.2. The number of allylic oxidation sites excluding steroid dienone is 2. The number of alkyl halides is 6. The molecule has 2 aromatic carbocycles. The summed E-state index contributed by atoms with van der Waals surface area (Å²) in [6.45, 7) is 7.59. The number of hydrogen-bond donors (Lipinski definition) is 1. The highest BCUT2D eigenvalue weighted by Crippen LogP contribution is 2.39. The number of hydrogen-bond acceptors (Lipinski definition) is 4. The first kappa shape index (κ1) is 30.6. The van der Waals surface area contributed by atoms with Crippen LogP contribution in [0.3, 0.4) is 0 Å². The Morgan fingerprint density at radius 3 is 1.93 bits per heavy atom. The molecule has 1 N–H and O–H groups in total. The van der Waals surface area contributed by atoms with Crippen molar-refractivity contribution in [2.24, 2.45) is 0 Å². The van der Waals surface area contributed by atoms with E-state index in [0.29, 0.717) is 30.9 Å². The number of aryl methyl sites for hydroxylation is 1. The molecule has 2 aliphatic rings. The van der Waals surface area contributed by atoms with Crippen molar-refractivity contribution in [3.8, 4) is 0 Å². The fourth-order valence-electron chi connectivity index (χ4n) is 5.18. The summed E-state index contributed by atoms with van der Waals surface area (Å²) in [7, 11) is 3.89. The predicted molar refractivity (Wildman–Crippen MR) is 145 cm³/mol. The third kappa shape index (κ3) is 6.46. The molecule has 11 heteroatoms. The molecule has 1 unspecified atom stereocenters. The minimum atomic E-state index is -5.02. The zero-order chi connectivity index (χ0) is 30.3. The van der Waals surface area contributed by atoms with Crippen molar-refractivity contribution in [2.75, 3.05) is 40.3 Å². The molecule has 41 heavy (non-hydrogen) atoms. The molecule has 2 heterocycles. The summed E-state index contributed by atoms with van der Waals surface area (Å²) < 4.78 is 81.6. The minimum absolute atomic E-state index is 0.0700. The molecule has 1 amide bonds. The molecule has 2 aromatic rings. The van der Waals surface area contributed by atoms with Crippen molar-refractivity contribution in [2.45, 2.75) is 44.7 Å². The molecule has 0 aliphatic carbocycles. The van der Waals surface area contributed by atoms with E-state index < -0.39 is 41.0 Å². The van der Waals surface area contributed by atoms with Gasteiger partial charge in [-0.1, -0.05) is 24.3 Å². The topological polar surface area (TPSA) is 38.8 Å². The summed E-state index contributed by atoms with van der Waals surface area (Å²) in [5, 5.41) is 2.97. The first-order chi connectivity index (χ1) is 19.0. The normalized spacial score (nSPS) is 19.6. The summed E-state index contributed by atoms with van der Waals surface area (Å²) in [6, 6.07) is 8.93. The third-order valence-electron chi connectivity index (χ3n) is 7.85. The van der Waals surface area contributed by atoms with Gasteiger partial charge >= 0.3 is 12.4 Å². The third-order valence-corrected chi connectivity index (χ3v) is 7.85. The molecule has 0 saturated carbocycles. The summed E-state index contributed by atoms with van der Waals surface area (Å²) in [5.41, 5.74) is -1.97. The average Bonchev–Trinajstić information content (AvgIpc) is 2.89. The average molecular weight is 581 g/mol. The maximum Gasteiger partial charge on any atom is 0.416 e. The molecule has 0 spiro atoms. The smallest absolute Gasteiger partial charge is 0.360 e. The summed E-state index contributed by atoms with van der Waals surface area (Å²) >= 11 is 0. The van der Waals surface area contributed by atoms with Gasteiger partial charge in [-0.3, -0.25) is 9.69 Å². The maximum absolute atomic E-state index is 13.9. The molecule has 1 fully saturated rings. The van der Waals surface area contributed by atoms with Crippen LogP contribution in [0.5, 0.6) is 0 Å². The van der Waals surface area contributed by atoms with Gasteiger partial charge in [0, 0.05) is 45.0 Å². The summed E-state index contributed by atoms with van der Waals surface area (Å²) in [4.78, 5) is 20.3. The van der Waals surface area contributed by atoms with E-state index in [2.05, 4.69) is 15.1 Å². The number of carbonyl (C=O) groups is 1. The summed E-state index contributed by atoms with van der Waals surface area (Å²) in [6.07, 6.45) is -6.67. The standard InChI is InChI=1S/C30H34F6N4O/c1-19-8-6-7-9-23(19)24-10-11-39(5)26(40-14-12-38(4)13-15-40)25(24)37-27(41)28(2,3)20-16-21(29(31,32)33)18-22(17-20)30(34,35)36/h6-11,16-18,26H,12-15H2,1-5H3,(H,37,41). The van der Waals surface area contributed by atoms with E-state index in [1.54, 1.807) is 0 Å². The van der Waals surface area contributed by atoms with E-state index in [1.165, 1.54) is 13.8 Å². The van der Waals surface area contributed by atoms with Crippen LogP contribution >= 0.6 is 0 Å². The first-order valence-electron chi connectivity index (χ1n) is 13.2. The van der Waals surface area contributed by atoms with Crippen LogP contribution in [0.4, 0.5) is 26.3 Å². The number of halogens is 6. The van der Waals surface area contributed by atoms with Crippen molar-refractivity contribution < 1.29 is 31.1 Å². The van der Waals surface area contributed by atoms with Crippen LogP contribution in [-0.2, 0) is 22.6 Å². The Labute approximate surface area is 236 Å². The lowest BCUT2D eigenvalue weighted by atomic mass is 9.81. The Balaban J connectivity index is 1.81. The molecule has 4 rings (SSSR count). The lowest BCUT2D eigenvalue weighted by Crippen LogP contribution is -2.57. The van der Waals surface area contributed by atoms with Crippen LogP contribution in [0.25, 0.3) is 5.57 Å². The van der Waals surface area contributed by atoms with E-state index in [9.17, 15) is 31.1 Å². The van der Waals surface area contributed by atoms with Gasteiger partial charge in [0.05, 0.1) is 22.2 Å². The number of amides is 1. The van der Waals surface area contributed by atoms with Gasteiger partial charge in [-0.15, -0.1) is 0 Å². The van der Waals surface area contributed by atoms with Crippen molar-refractivity contribution >= 4 is 11.5 Å². The van der Waals surface area contributed by atoms with Gasteiger partial charge in [-0.05, 0) is 68.8 Å². The van der Waals surface area contributed by atoms with Crippen molar-refractivity contribution in [1.82, 2.24) is 20.0 Å². The van der Waals surface area contributed by atoms with Gasteiger partial charge in [-0.2, -0.15) is 26.3 Å². The fourth-order valence-corrected chi connectivity index (χ4v) is 5.18. The molecular weight excluding hydrogens is 546 g/mol. The van der Waals surface area contributed by atoms with Crippen LogP contribution in [0, 0.1) is 6.92 Å². The molecule has 0 bridgehead atoms. The van der Waals surface area contributed by atoms with E-state index in [-0.39, 0.29) is 11.6 Å². The van der Waals surface area contributed by atoms with Gasteiger partial charge in [0.15, 0.2) is 0 Å². The second kappa shape index (κ2) is 11.2. The SMILES string of the molecule is Cc1ccccc1C1=C(NC(=O)C(C)(C)c2cc(C(F)(F)F)cc(C(F)(F)F)c2)C(N2CCN(C)CC2)N(C)C=C1. The van der Waals surface area contributed by atoms with Crippen LogP contribution in [0.2, 0.25) is 0 Å². The van der Waals surface area contributed by atoms with Crippen LogP contribution in [0.15, 0.2) is 60.4 Å². The van der Waals surface area contributed by atoms with Crippen molar-refractivity contribution in [3.63, 3.8) is 0 Å². The van der Waals surface area contributed by atoms with Gasteiger partial charge in [0.2, 0.25) is 5.91 Å². The Bertz CT molecular complexity index is 1320. The van der Waals surface area contributed by atoms with E-state index >= 15 is 0 Å². The number of rotatable bonds is 5. The Kier molecular flexibility index (Phi) is 8.35. The molecular formula is C30H34F6N4O. The molecule has 222 valence electrons. The number of piperazine rings is 1. The minimum Gasteiger partial charge on any atom is -0.360 e. The van der Waals surface area contributed by atoms with Crippen LogP contribution in [-0.4, -0.2) is 67.0 Å². The highest BCUT2D eigenvalue weighted by molar-refractivity contribution is 5.92. The van der Waals surface area contributed by atoms with E-state index in [0.717, 1.165) is 29.8 Å². The van der Waals surface area contributed by atoms with Gasteiger partial charge < -0.3 is 15.1 Å². The number of likely N-dealkylation sites (N-methyl/N-ethyl adjacent to an activating group) is 2. The van der Waals surface area contributed by atoms with Crippen LogP contribution in [0.1, 0.15) is 41.7 Å². The lowest BCUT2D eigenvalue weighted by molar-refractivity contribution is -0.143. The maximum atomic E-state index is 13.9. The van der Waals surface area contributed by atoms with E-state index in [4.69, 9.17) is 0 Å². The van der Waals surface area contributed by atoms with E-state index in [1.807, 2.05) is 62.5 Å². The number of benzene rings is 2. The monoisotopic (exact) mass is 580 g/mol. The van der Waals surface area contributed by atoms with Gasteiger partial charge in [-0.25, -0.2) is 0 Å². The summed E-state index contributed by atoms with van der Waals surface area (Å²) in [5.74, 6) is -0.714. The van der Waals surface area contributed by atoms with Crippen molar-refractivity contribution in [3.05, 3.63) is 88.3 Å². The molecule has 0 radical (unpaired) electrons. The van der Waals surface area contributed by atoms with Crippen LogP contribution < -0.4 is 5.32 Å². The molecule has 1 atom stereocenters. The second-order valence-electron chi connectivity index (χ2n) is 11.2. The largest absolute Gasteiger partial charge is 0.416 e. The number of nitrogens with zero attached hydrogens (tertiary/aromatic N) is 3. The molecule has 5 nitrogen and oxygen atoms in total. The second-order valence-corrected chi connectivity index (χ2v) is 11.2. The number of nitrogens with one attached hydrogen (secondary N) is 1. The Morgan fingerprint density at radius 1 is 0.854 bits per heavy atom. The molecule has 1 saturated heterocycles. The van der Waals surface area contributed by atoms with Gasteiger partial charge in [0.25, 0.3) is 0 Å². The zero-order valence-electron chi connectivity index (χ0n) is 23.6. The molecule has 2 aliphatic heterocycles. The highest BCUT2D eigenvalue weighted by Gasteiger charge is 2.41. The highest BCUT2D eigenvalue weighted by atomic mass is 19.4. The lowest BCUT2D eigenvalue weighted by Gasteiger charge is -2.45. The van der Waals surface area contributed by atoms with Gasteiger partial charge in [0.1, 0.15) is 6.17 Å². The Hall–Kier alpha value is -3.31. The number of carbonyl (C=O) groups excluding carboxylic acids is 1. The quantitative estimate of drug-likeness (QED) is 0.449. The fraction of sp³-hybridized carbons (Fsp3) is 0.433. The predicted octanol–water partition coefficient (Wildman–Crippen LogP) is 5.87. The zero-order valence-corrected chi connectivity index (χ0v) is 23.6. The Morgan fingerprint density at radius 2 is 1.39 bits per heavy atom. The van der Waals surface area contributed by atoms with Crippen molar-refractivity contribution in [1.29, 1.82) is 0 Å².